The highest BCUT2D eigenvalue weighted by molar-refractivity contribution is 6.30. The van der Waals surface area contributed by atoms with Crippen molar-refractivity contribution in [2.45, 2.75) is 6.61 Å². The largest absolute Gasteiger partial charge is 0.472 e. The van der Waals surface area contributed by atoms with Crippen molar-refractivity contribution in [2.24, 2.45) is 0 Å². The highest BCUT2D eigenvalue weighted by atomic mass is 35.5. The van der Waals surface area contributed by atoms with Crippen LogP contribution < -0.4 is 4.74 Å². The van der Waals surface area contributed by atoms with Gasteiger partial charge in [-0.15, -0.1) is 0 Å². The molecule has 3 aromatic carbocycles. The normalized spacial score (nSPS) is 10.5. The van der Waals surface area contributed by atoms with Crippen molar-refractivity contribution < 1.29 is 14.3 Å². The van der Waals surface area contributed by atoms with E-state index in [1.807, 2.05) is 84.9 Å². The van der Waals surface area contributed by atoms with Gasteiger partial charge in [-0.05, 0) is 29.3 Å². The van der Waals surface area contributed by atoms with Gasteiger partial charge < -0.3 is 9.47 Å². The lowest BCUT2D eigenvalue weighted by Crippen LogP contribution is -2.09. The number of hydrogen-bond donors (Lipinski definition) is 0. The summed E-state index contributed by atoms with van der Waals surface area (Å²) in [7, 11) is 1.35. The summed E-state index contributed by atoms with van der Waals surface area (Å²) in [5.74, 6) is -0.282. The van der Waals surface area contributed by atoms with E-state index in [-0.39, 0.29) is 18.1 Å². The van der Waals surface area contributed by atoms with Crippen LogP contribution in [-0.4, -0.2) is 18.1 Å². The second kappa shape index (κ2) is 9.45. The van der Waals surface area contributed by atoms with E-state index in [1.54, 1.807) is 6.07 Å². The molecule has 0 atom stereocenters. The molecule has 0 aliphatic carbocycles. The molecule has 0 aliphatic rings. The second-order valence-corrected chi connectivity index (χ2v) is 7.31. The average Bonchev–Trinajstić information content (AvgIpc) is 2.83. The minimum Gasteiger partial charge on any atom is -0.472 e. The number of rotatable bonds is 6. The van der Waals surface area contributed by atoms with Crippen LogP contribution in [0.3, 0.4) is 0 Å². The molecule has 1 heterocycles. The zero-order valence-electron chi connectivity index (χ0n) is 16.9. The summed E-state index contributed by atoms with van der Waals surface area (Å²) in [4.78, 5) is 17.3. The first-order valence-corrected chi connectivity index (χ1v) is 10.1. The van der Waals surface area contributed by atoms with Crippen LogP contribution in [0, 0.1) is 0 Å². The van der Waals surface area contributed by atoms with Crippen LogP contribution >= 0.6 is 11.6 Å². The maximum atomic E-state index is 12.6. The van der Waals surface area contributed by atoms with Crippen molar-refractivity contribution >= 4 is 17.6 Å². The highest BCUT2D eigenvalue weighted by Crippen LogP contribution is 2.35. The first-order chi connectivity index (χ1) is 15.2. The third kappa shape index (κ3) is 4.76. The summed E-state index contributed by atoms with van der Waals surface area (Å²) in [6.45, 7) is 0.280. The number of pyridine rings is 1. The lowest BCUT2D eigenvalue weighted by molar-refractivity contribution is 0.0594. The van der Waals surface area contributed by atoms with E-state index in [0.29, 0.717) is 10.7 Å². The van der Waals surface area contributed by atoms with E-state index < -0.39 is 5.97 Å². The third-order valence-corrected chi connectivity index (χ3v) is 5.07. The highest BCUT2D eigenvalue weighted by Gasteiger charge is 2.21. The summed E-state index contributed by atoms with van der Waals surface area (Å²) in [5.41, 5.74) is 4.54. The summed E-state index contributed by atoms with van der Waals surface area (Å²) in [5, 5.41) is 0.636. The Bertz CT molecular complexity index is 1180. The van der Waals surface area contributed by atoms with Crippen molar-refractivity contribution in [2.75, 3.05) is 7.11 Å². The summed E-state index contributed by atoms with van der Waals surface area (Å²) >= 11 is 6.08. The topological polar surface area (TPSA) is 48.4 Å². The molecule has 0 saturated heterocycles. The number of carbonyl (C=O) groups is 1. The van der Waals surface area contributed by atoms with Crippen LogP contribution in [0.5, 0.6) is 5.88 Å². The molecule has 4 aromatic rings. The molecule has 154 valence electrons. The summed E-state index contributed by atoms with van der Waals surface area (Å²) in [6.07, 6.45) is 0. The fourth-order valence-corrected chi connectivity index (χ4v) is 3.38. The Kier molecular flexibility index (Phi) is 6.29. The molecular weight excluding hydrogens is 410 g/mol. The molecule has 0 amide bonds. The van der Waals surface area contributed by atoms with Crippen LogP contribution in [0.1, 0.15) is 15.9 Å². The van der Waals surface area contributed by atoms with Crippen LogP contribution in [0.15, 0.2) is 91.0 Å². The minimum atomic E-state index is -0.504. The lowest BCUT2D eigenvalue weighted by Gasteiger charge is -2.16. The van der Waals surface area contributed by atoms with Gasteiger partial charge >= 0.3 is 5.97 Å². The van der Waals surface area contributed by atoms with Crippen molar-refractivity contribution in [3.05, 3.63) is 107 Å². The maximum Gasteiger partial charge on any atom is 0.343 e. The second-order valence-electron chi connectivity index (χ2n) is 6.88. The van der Waals surface area contributed by atoms with E-state index in [9.17, 15) is 4.79 Å². The number of carbonyl (C=O) groups excluding carboxylic acids is 1. The number of ether oxygens (including phenoxy) is 2. The molecule has 0 fully saturated rings. The quantitative estimate of drug-likeness (QED) is 0.331. The SMILES string of the molecule is COC(=O)c1cc(-c2ccccc2)c(-c2ccc(Cl)cc2)nc1OCc1ccccc1. The van der Waals surface area contributed by atoms with Crippen molar-refractivity contribution in [3.63, 3.8) is 0 Å². The van der Waals surface area contributed by atoms with Gasteiger partial charge in [-0.2, -0.15) is 0 Å². The Morgan fingerprint density at radius 2 is 1.52 bits per heavy atom. The lowest BCUT2D eigenvalue weighted by atomic mass is 9.97. The smallest absolute Gasteiger partial charge is 0.343 e. The standard InChI is InChI=1S/C26H20ClNO3/c1-30-26(29)23-16-22(19-10-6-3-7-11-19)24(20-12-14-21(27)15-13-20)28-25(23)31-17-18-8-4-2-5-9-18/h2-16H,17H2,1H3. The van der Waals surface area contributed by atoms with Gasteiger partial charge in [0.2, 0.25) is 5.88 Å². The Balaban J connectivity index is 1.86. The van der Waals surface area contributed by atoms with Gasteiger partial charge in [-0.3, -0.25) is 0 Å². The Morgan fingerprint density at radius 3 is 2.16 bits per heavy atom. The van der Waals surface area contributed by atoms with Gasteiger partial charge in [0.05, 0.1) is 12.8 Å². The molecule has 4 nitrogen and oxygen atoms in total. The summed E-state index contributed by atoms with van der Waals surface area (Å²) < 4.78 is 11.0. The fourth-order valence-electron chi connectivity index (χ4n) is 3.25. The predicted octanol–water partition coefficient (Wildman–Crippen LogP) is 6.43. The molecule has 5 heteroatoms. The molecule has 0 aliphatic heterocycles. The molecule has 0 bridgehead atoms. The molecular formula is C26H20ClNO3. The fraction of sp³-hybridized carbons (Fsp3) is 0.0769. The molecule has 0 unspecified atom stereocenters. The van der Waals surface area contributed by atoms with Gasteiger partial charge in [0.25, 0.3) is 0 Å². The first-order valence-electron chi connectivity index (χ1n) is 9.77. The van der Waals surface area contributed by atoms with Crippen molar-refractivity contribution in [3.8, 4) is 28.3 Å². The number of esters is 1. The zero-order valence-corrected chi connectivity index (χ0v) is 17.7. The van der Waals surface area contributed by atoms with Crippen LogP contribution in [-0.2, 0) is 11.3 Å². The molecule has 0 N–H and O–H groups in total. The average molecular weight is 430 g/mol. The number of halogens is 1. The number of nitrogens with zero attached hydrogens (tertiary/aromatic N) is 1. The maximum absolute atomic E-state index is 12.6. The third-order valence-electron chi connectivity index (χ3n) is 4.81. The zero-order chi connectivity index (χ0) is 21.6. The predicted molar refractivity (Wildman–Crippen MR) is 122 cm³/mol. The monoisotopic (exact) mass is 429 g/mol. The molecule has 0 radical (unpaired) electrons. The van der Waals surface area contributed by atoms with Gasteiger partial charge in [0.15, 0.2) is 0 Å². The summed E-state index contributed by atoms with van der Waals surface area (Å²) in [6, 6.07) is 28.7. The number of benzene rings is 3. The molecule has 1 aromatic heterocycles. The Labute approximate surface area is 186 Å². The van der Waals surface area contributed by atoms with E-state index in [1.165, 1.54) is 7.11 Å². The minimum absolute atomic E-state index is 0.223. The van der Waals surface area contributed by atoms with E-state index >= 15 is 0 Å². The van der Waals surface area contributed by atoms with Crippen LogP contribution in [0.25, 0.3) is 22.4 Å². The van der Waals surface area contributed by atoms with Crippen molar-refractivity contribution in [1.29, 1.82) is 0 Å². The van der Waals surface area contributed by atoms with Crippen LogP contribution in [0.2, 0.25) is 5.02 Å². The number of hydrogen-bond acceptors (Lipinski definition) is 4. The van der Waals surface area contributed by atoms with E-state index in [4.69, 9.17) is 26.1 Å². The number of methoxy groups -OCH3 is 1. The molecule has 0 spiro atoms. The first kappa shape index (κ1) is 20.6. The van der Waals surface area contributed by atoms with Gasteiger partial charge in [0, 0.05) is 16.1 Å². The molecule has 4 rings (SSSR count). The molecule has 0 saturated carbocycles. The van der Waals surface area contributed by atoms with E-state index in [2.05, 4.69) is 0 Å². The molecule has 31 heavy (non-hydrogen) atoms. The van der Waals surface area contributed by atoms with Gasteiger partial charge in [-0.25, -0.2) is 9.78 Å². The van der Waals surface area contributed by atoms with Gasteiger partial charge in [-0.1, -0.05) is 84.4 Å². The van der Waals surface area contributed by atoms with Crippen LogP contribution in [0.4, 0.5) is 0 Å². The van der Waals surface area contributed by atoms with Gasteiger partial charge in [0.1, 0.15) is 12.2 Å². The Hall–Kier alpha value is -3.63. The van der Waals surface area contributed by atoms with E-state index in [0.717, 1.165) is 22.3 Å². The van der Waals surface area contributed by atoms with Crippen molar-refractivity contribution in [1.82, 2.24) is 4.98 Å². The number of aromatic nitrogens is 1. The Morgan fingerprint density at radius 1 is 0.871 bits per heavy atom.